The lowest BCUT2D eigenvalue weighted by Gasteiger charge is -2.44. The summed E-state index contributed by atoms with van der Waals surface area (Å²) in [4.78, 5) is 47.1. The number of benzene rings is 2. The second kappa shape index (κ2) is 13.3. The average molecular weight is 618 g/mol. The highest BCUT2D eigenvalue weighted by Gasteiger charge is 2.39. The molecule has 3 saturated heterocycles. The molecule has 2 aromatic carbocycles. The van der Waals surface area contributed by atoms with Gasteiger partial charge >= 0.3 is 0 Å². The second-order valence-corrected chi connectivity index (χ2v) is 13.3. The first-order valence-corrected chi connectivity index (χ1v) is 16.3. The molecule has 3 heterocycles. The van der Waals surface area contributed by atoms with Crippen LogP contribution in [-0.2, 0) is 9.59 Å². The number of piperidine rings is 2. The van der Waals surface area contributed by atoms with Crippen LogP contribution < -0.4 is 4.90 Å². The van der Waals surface area contributed by atoms with Gasteiger partial charge in [0.1, 0.15) is 0 Å². The fourth-order valence-corrected chi connectivity index (χ4v) is 7.57. The van der Waals surface area contributed by atoms with Gasteiger partial charge in [-0.3, -0.25) is 14.4 Å². The van der Waals surface area contributed by atoms with Crippen molar-refractivity contribution in [1.29, 1.82) is 0 Å². The molecule has 0 aromatic heterocycles. The Bertz CT molecular complexity index is 1260. The van der Waals surface area contributed by atoms with E-state index in [1.807, 2.05) is 69.9 Å². The Kier molecular flexibility index (Phi) is 9.72. The molecule has 0 N–H and O–H groups in total. The molecule has 3 amide bonds. The molecule has 0 saturated carbocycles. The molecule has 220 valence electrons. The van der Waals surface area contributed by atoms with E-state index >= 15 is 0 Å². The Morgan fingerprint density at radius 3 is 2.15 bits per heavy atom. The number of carbonyl (C=O) groups excluding carboxylic acids is 3. The molecule has 2 aromatic rings. The molecule has 0 aliphatic carbocycles. The van der Waals surface area contributed by atoms with Gasteiger partial charge in [-0.25, -0.2) is 0 Å². The first kappa shape index (κ1) is 30.1. The van der Waals surface area contributed by atoms with E-state index in [0.29, 0.717) is 61.1 Å². The maximum absolute atomic E-state index is 13.7. The van der Waals surface area contributed by atoms with Gasteiger partial charge in [0, 0.05) is 93.9 Å². The molecular weight excluding hydrogens is 579 g/mol. The number of hydrogen-bond donors (Lipinski definition) is 0. The van der Waals surface area contributed by atoms with Gasteiger partial charge in [0.25, 0.3) is 5.91 Å². The van der Waals surface area contributed by atoms with E-state index in [0.717, 1.165) is 35.8 Å². The molecule has 5 rings (SSSR count). The number of hydrogen-bond acceptors (Lipinski definition) is 5. The SMILES string of the molecule is CC(=O)N1CCC(C(=O)N2CC[C@@H](N(C)C(=O)c3ccc(N4CCSCC4)cc3)[C@H](c3ccc(Cl)c(Cl)c3)C2)CC1. The average Bonchev–Trinajstić information content (AvgIpc) is 3.01. The van der Waals surface area contributed by atoms with Crippen molar-refractivity contribution in [2.45, 2.75) is 38.1 Å². The third-order valence-corrected chi connectivity index (χ3v) is 10.5. The second-order valence-electron chi connectivity index (χ2n) is 11.3. The van der Waals surface area contributed by atoms with Crippen LogP contribution in [0, 0.1) is 5.92 Å². The highest BCUT2D eigenvalue weighted by molar-refractivity contribution is 7.99. The lowest BCUT2D eigenvalue weighted by atomic mass is 9.83. The maximum atomic E-state index is 13.7. The quantitative estimate of drug-likeness (QED) is 0.458. The summed E-state index contributed by atoms with van der Waals surface area (Å²) in [5.74, 6) is 2.21. The Morgan fingerprint density at radius 1 is 0.854 bits per heavy atom. The van der Waals surface area contributed by atoms with Gasteiger partial charge in [-0.15, -0.1) is 0 Å². The summed E-state index contributed by atoms with van der Waals surface area (Å²) in [6.07, 6.45) is 2.02. The van der Waals surface area contributed by atoms with E-state index in [-0.39, 0.29) is 35.6 Å². The molecule has 3 aliphatic rings. The third-order valence-electron chi connectivity index (χ3n) is 8.86. The molecule has 0 bridgehead atoms. The van der Waals surface area contributed by atoms with Crippen LogP contribution in [0.25, 0.3) is 0 Å². The minimum absolute atomic E-state index is 0.0304. The monoisotopic (exact) mass is 616 g/mol. The Morgan fingerprint density at radius 2 is 1.51 bits per heavy atom. The van der Waals surface area contributed by atoms with Crippen LogP contribution in [0.4, 0.5) is 5.69 Å². The maximum Gasteiger partial charge on any atom is 0.253 e. The van der Waals surface area contributed by atoms with Gasteiger partial charge in [0.2, 0.25) is 11.8 Å². The van der Waals surface area contributed by atoms with Gasteiger partial charge < -0.3 is 19.6 Å². The van der Waals surface area contributed by atoms with Crippen molar-refractivity contribution >= 4 is 58.4 Å². The summed E-state index contributed by atoms with van der Waals surface area (Å²) < 4.78 is 0. The van der Waals surface area contributed by atoms with Crippen LogP contribution in [0.5, 0.6) is 0 Å². The predicted molar refractivity (Wildman–Crippen MR) is 167 cm³/mol. The number of thioether (sulfide) groups is 1. The number of likely N-dealkylation sites (N-methyl/N-ethyl adjacent to an activating group) is 1. The first-order chi connectivity index (χ1) is 19.7. The van der Waals surface area contributed by atoms with Crippen molar-refractivity contribution in [3.05, 3.63) is 63.6 Å². The summed E-state index contributed by atoms with van der Waals surface area (Å²) in [6, 6.07) is 13.4. The van der Waals surface area contributed by atoms with E-state index < -0.39 is 0 Å². The third kappa shape index (κ3) is 6.81. The smallest absolute Gasteiger partial charge is 0.253 e. The number of amides is 3. The van der Waals surface area contributed by atoms with Crippen LogP contribution >= 0.6 is 35.0 Å². The molecule has 3 fully saturated rings. The van der Waals surface area contributed by atoms with E-state index in [1.165, 1.54) is 0 Å². The van der Waals surface area contributed by atoms with Crippen LogP contribution in [0.15, 0.2) is 42.5 Å². The molecule has 2 atom stereocenters. The van der Waals surface area contributed by atoms with Gasteiger partial charge in [-0.05, 0) is 61.2 Å². The Balaban J connectivity index is 1.32. The van der Waals surface area contributed by atoms with Crippen molar-refractivity contribution in [1.82, 2.24) is 14.7 Å². The van der Waals surface area contributed by atoms with Crippen molar-refractivity contribution in [2.75, 3.05) is 62.7 Å². The van der Waals surface area contributed by atoms with Crippen LogP contribution in [-0.4, -0.2) is 96.3 Å². The highest BCUT2D eigenvalue weighted by Crippen LogP contribution is 2.36. The lowest BCUT2D eigenvalue weighted by Crippen LogP contribution is -2.53. The van der Waals surface area contributed by atoms with Crippen LogP contribution in [0.1, 0.15) is 48.0 Å². The fourth-order valence-electron chi connectivity index (χ4n) is 6.36. The molecule has 0 radical (unpaired) electrons. The molecule has 0 unspecified atom stereocenters. The van der Waals surface area contributed by atoms with Crippen molar-refractivity contribution in [3.8, 4) is 0 Å². The lowest BCUT2D eigenvalue weighted by molar-refractivity contribution is -0.141. The summed E-state index contributed by atoms with van der Waals surface area (Å²) in [6.45, 7) is 5.94. The normalized spacial score (nSPS) is 22.0. The van der Waals surface area contributed by atoms with Crippen LogP contribution in [0.3, 0.4) is 0 Å². The molecule has 7 nitrogen and oxygen atoms in total. The number of likely N-dealkylation sites (tertiary alicyclic amines) is 2. The van der Waals surface area contributed by atoms with E-state index in [2.05, 4.69) is 4.90 Å². The zero-order valence-corrected chi connectivity index (χ0v) is 26.1. The molecular formula is C31H38Cl2N4O3S. The minimum Gasteiger partial charge on any atom is -0.370 e. The summed E-state index contributed by atoms with van der Waals surface area (Å²) in [5, 5.41) is 0.938. The zero-order chi connectivity index (χ0) is 29.1. The number of nitrogens with zero attached hydrogens (tertiary/aromatic N) is 4. The van der Waals surface area contributed by atoms with E-state index in [4.69, 9.17) is 23.2 Å². The number of rotatable bonds is 5. The van der Waals surface area contributed by atoms with Gasteiger partial charge in [0.05, 0.1) is 10.0 Å². The molecule has 3 aliphatic heterocycles. The molecule has 0 spiro atoms. The zero-order valence-electron chi connectivity index (χ0n) is 23.7. The van der Waals surface area contributed by atoms with Crippen LogP contribution in [0.2, 0.25) is 10.0 Å². The molecule has 10 heteroatoms. The largest absolute Gasteiger partial charge is 0.370 e. The van der Waals surface area contributed by atoms with Crippen molar-refractivity contribution in [2.24, 2.45) is 5.92 Å². The Hall–Kier alpha value is -2.42. The van der Waals surface area contributed by atoms with Crippen molar-refractivity contribution in [3.63, 3.8) is 0 Å². The standard InChI is InChI=1S/C31H38Cl2N4O3S/c1-21(38)35-12-9-23(10-13-35)31(40)37-14-11-29(26(20-37)24-5-8-27(32)28(33)19-24)34(2)30(39)22-3-6-25(7-4-22)36-15-17-41-18-16-36/h3-8,19,23,26,29H,9-18,20H2,1-2H3/t26-,29+/m0/s1. The Labute approximate surface area is 257 Å². The summed E-state index contributed by atoms with van der Waals surface area (Å²) in [7, 11) is 1.86. The predicted octanol–water partition coefficient (Wildman–Crippen LogP) is 5.26. The van der Waals surface area contributed by atoms with Crippen molar-refractivity contribution < 1.29 is 14.4 Å². The van der Waals surface area contributed by atoms with Gasteiger partial charge in [-0.1, -0.05) is 29.3 Å². The van der Waals surface area contributed by atoms with Gasteiger partial charge in [0.15, 0.2) is 0 Å². The van der Waals surface area contributed by atoms with E-state index in [1.54, 1.807) is 13.0 Å². The topological polar surface area (TPSA) is 64.2 Å². The fraction of sp³-hybridized carbons (Fsp3) is 0.516. The summed E-state index contributed by atoms with van der Waals surface area (Å²) >= 11 is 14.6. The summed E-state index contributed by atoms with van der Waals surface area (Å²) in [5.41, 5.74) is 2.77. The first-order valence-electron chi connectivity index (χ1n) is 14.4. The highest BCUT2D eigenvalue weighted by atomic mass is 35.5. The van der Waals surface area contributed by atoms with Gasteiger partial charge in [-0.2, -0.15) is 11.8 Å². The number of halogens is 2. The minimum atomic E-state index is -0.112. The number of anilines is 1. The number of carbonyl (C=O) groups is 3. The molecule has 41 heavy (non-hydrogen) atoms. The van der Waals surface area contributed by atoms with E-state index in [9.17, 15) is 14.4 Å².